The van der Waals surface area contributed by atoms with Crippen molar-refractivity contribution in [2.24, 2.45) is 0 Å². The summed E-state index contributed by atoms with van der Waals surface area (Å²) in [4.78, 5) is 29.0. The molecule has 2 amide bonds. The Morgan fingerprint density at radius 1 is 1.07 bits per heavy atom. The maximum atomic E-state index is 12.8. The van der Waals surface area contributed by atoms with Gasteiger partial charge in [0.1, 0.15) is 5.75 Å². The van der Waals surface area contributed by atoms with Gasteiger partial charge in [-0.15, -0.1) is 0 Å². The molecule has 0 saturated carbocycles. The fourth-order valence-electron chi connectivity index (χ4n) is 3.15. The summed E-state index contributed by atoms with van der Waals surface area (Å²) in [6.45, 7) is 6.29. The second-order valence-electron chi connectivity index (χ2n) is 6.35. The van der Waals surface area contributed by atoms with Crippen LogP contribution in [0.2, 0.25) is 0 Å². The first-order valence-electron chi connectivity index (χ1n) is 9.29. The van der Waals surface area contributed by atoms with Crippen LogP contribution >= 0.6 is 11.8 Å². The van der Waals surface area contributed by atoms with Crippen LogP contribution in [0.1, 0.15) is 25.0 Å². The zero-order valence-corrected chi connectivity index (χ0v) is 17.2. The third-order valence-corrected chi connectivity index (χ3v) is 5.60. The number of ether oxygens (including phenoxy) is 1. The van der Waals surface area contributed by atoms with Gasteiger partial charge in [0.2, 0.25) is 0 Å². The number of anilines is 1. The number of hydrogen-bond acceptors (Lipinski definition) is 5. The zero-order chi connectivity index (χ0) is 20.1. The van der Waals surface area contributed by atoms with Gasteiger partial charge in [0.25, 0.3) is 11.1 Å². The molecular weight excluding hydrogens is 372 g/mol. The number of carbonyl (C=O) groups excluding carboxylic acids is 2. The first kappa shape index (κ1) is 20.0. The predicted molar refractivity (Wildman–Crippen MR) is 115 cm³/mol. The lowest BCUT2D eigenvalue weighted by Crippen LogP contribution is -2.27. The third kappa shape index (κ3) is 4.22. The zero-order valence-electron chi connectivity index (χ0n) is 16.3. The van der Waals surface area contributed by atoms with Gasteiger partial charge in [-0.2, -0.15) is 0 Å². The molecule has 1 fully saturated rings. The lowest BCUT2D eigenvalue weighted by atomic mass is 10.1. The number of thioether (sulfide) groups is 1. The molecule has 1 saturated heterocycles. The molecule has 5 nitrogen and oxygen atoms in total. The molecule has 3 rings (SSSR count). The van der Waals surface area contributed by atoms with Crippen molar-refractivity contribution in [2.45, 2.75) is 20.4 Å². The molecule has 28 heavy (non-hydrogen) atoms. The highest BCUT2D eigenvalue weighted by atomic mass is 32.2. The van der Waals surface area contributed by atoms with Crippen molar-refractivity contribution in [3.8, 4) is 5.75 Å². The van der Waals surface area contributed by atoms with E-state index in [9.17, 15) is 9.59 Å². The molecule has 146 valence electrons. The molecule has 0 unspecified atom stereocenters. The average molecular weight is 397 g/mol. The molecule has 0 aliphatic carbocycles. The molecular formula is C22H24N2O3S. The van der Waals surface area contributed by atoms with Crippen LogP contribution in [-0.2, 0) is 11.3 Å². The van der Waals surface area contributed by atoms with E-state index in [0.717, 1.165) is 41.7 Å². The molecule has 0 radical (unpaired) electrons. The summed E-state index contributed by atoms with van der Waals surface area (Å²) in [5, 5.41) is -0.251. The SMILES string of the molecule is CCN(CC)c1ccc(/C=C2\SC(=O)N(Cc3ccccc3)C2=O)c(OC)c1. The van der Waals surface area contributed by atoms with Gasteiger partial charge in [0.05, 0.1) is 18.6 Å². The standard InChI is InChI=1S/C22H24N2O3S/c1-4-23(5-2)18-12-11-17(19(14-18)27-3)13-20-21(25)24(22(26)28-20)15-16-9-7-6-8-10-16/h6-14H,4-5,15H2,1-3H3/b20-13-. The van der Waals surface area contributed by atoms with Gasteiger partial charge in [0, 0.05) is 30.4 Å². The second-order valence-corrected chi connectivity index (χ2v) is 7.35. The molecule has 2 aromatic rings. The Morgan fingerprint density at radius 2 is 1.79 bits per heavy atom. The van der Waals surface area contributed by atoms with Crippen LogP contribution in [-0.4, -0.2) is 36.2 Å². The van der Waals surface area contributed by atoms with Crippen LogP contribution in [0.4, 0.5) is 10.5 Å². The highest BCUT2D eigenvalue weighted by molar-refractivity contribution is 8.18. The van der Waals surface area contributed by atoms with Gasteiger partial charge in [0.15, 0.2) is 0 Å². The summed E-state index contributed by atoms with van der Waals surface area (Å²) in [6.07, 6.45) is 1.74. The van der Waals surface area contributed by atoms with Crippen LogP contribution in [0, 0.1) is 0 Å². The van der Waals surface area contributed by atoms with E-state index in [1.165, 1.54) is 4.90 Å². The quantitative estimate of drug-likeness (QED) is 0.631. The summed E-state index contributed by atoms with van der Waals surface area (Å²) in [5.41, 5.74) is 2.77. The second kappa shape index (κ2) is 8.97. The third-order valence-electron chi connectivity index (χ3n) is 4.69. The smallest absolute Gasteiger partial charge is 0.293 e. The molecule has 0 aromatic heterocycles. The molecule has 0 bridgehead atoms. The molecule has 0 spiro atoms. The molecule has 2 aromatic carbocycles. The highest BCUT2D eigenvalue weighted by Gasteiger charge is 2.35. The number of imide groups is 1. The molecule has 1 aliphatic rings. The lowest BCUT2D eigenvalue weighted by molar-refractivity contribution is -0.123. The monoisotopic (exact) mass is 396 g/mol. The Morgan fingerprint density at radius 3 is 2.43 bits per heavy atom. The number of amides is 2. The van der Waals surface area contributed by atoms with Crippen molar-refractivity contribution < 1.29 is 14.3 Å². The number of methoxy groups -OCH3 is 1. The van der Waals surface area contributed by atoms with Gasteiger partial charge in [-0.1, -0.05) is 30.3 Å². The predicted octanol–water partition coefficient (Wildman–Crippen LogP) is 4.78. The van der Waals surface area contributed by atoms with Crippen molar-refractivity contribution in [3.05, 3.63) is 64.6 Å². The van der Waals surface area contributed by atoms with E-state index in [2.05, 4.69) is 18.7 Å². The number of benzene rings is 2. The maximum absolute atomic E-state index is 12.8. The summed E-state index contributed by atoms with van der Waals surface area (Å²) < 4.78 is 5.53. The van der Waals surface area contributed by atoms with E-state index in [1.807, 2.05) is 48.5 Å². The Bertz CT molecular complexity index is 892. The fraction of sp³-hybridized carbons (Fsp3) is 0.273. The number of nitrogens with zero attached hydrogens (tertiary/aromatic N) is 2. The van der Waals surface area contributed by atoms with Gasteiger partial charge >= 0.3 is 0 Å². The minimum Gasteiger partial charge on any atom is -0.496 e. The Balaban J connectivity index is 1.85. The Labute approximate surface area is 170 Å². The van der Waals surface area contributed by atoms with E-state index in [4.69, 9.17) is 4.74 Å². The Kier molecular flexibility index (Phi) is 6.41. The van der Waals surface area contributed by atoms with Crippen LogP contribution in [0.5, 0.6) is 5.75 Å². The normalized spacial score (nSPS) is 15.4. The lowest BCUT2D eigenvalue weighted by Gasteiger charge is -2.22. The average Bonchev–Trinajstić information content (AvgIpc) is 2.98. The van der Waals surface area contributed by atoms with Crippen molar-refractivity contribution >= 4 is 34.7 Å². The molecule has 1 heterocycles. The van der Waals surface area contributed by atoms with Crippen LogP contribution in [0.25, 0.3) is 6.08 Å². The van der Waals surface area contributed by atoms with E-state index < -0.39 is 0 Å². The van der Waals surface area contributed by atoms with Crippen LogP contribution in [0.15, 0.2) is 53.4 Å². The van der Waals surface area contributed by atoms with Crippen molar-refractivity contribution in [1.29, 1.82) is 0 Å². The molecule has 1 aliphatic heterocycles. The van der Waals surface area contributed by atoms with Gasteiger partial charge in [-0.25, -0.2) is 0 Å². The van der Waals surface area contributed by atoms with E-state index >= 15 is 0 Å². The van der Waals surface area contributed by atoms with Crippen LogP contribution in [0.3, 0.4) is 0 Å². The van der Waals surface area contributed by atoms with Crippen molar-refractivity contribution in [2.75, 3.05) is 25.1 Å². The molecule has 0 atom stereocenters. The maximum Gasteiger partial charge on any atom is 0.293 e. The minimum atomic E-state index is -0.270. The van der Waals surface area contributed by atoms with Crippen molar-refractivity contribution in [3.63, 3.8) is 0 Å². The highest BCUT2D eigenvalue weighted by Crippen LogP contribution is 2.35. The van der Waals surface area contributed by atoms with Gasteiger partial charge < -0.3 is 9.64 Å². The van der Waals surface area contributed by atoms with Crippen molar-refractivity contribution in [1.82, 2.24) is 4.90 Å². The van der Waals surface area contributed by atoms with Gasteiger partial charge in [-0.3, -0.25) is 14.5 Å². The van der Waals surface area contributed by atoms with Crippen LogP contribution < -0.4 is 9.64 Å². The van der Waals surface area contributed by atoms with E-state index in [1.54, 1.807) is 13.2 Å². The van der Waals surface area contributed by atoms with E-state index in [-0.39, 0.29) is 17.7 Å². The number of carbonyl (C=O) groups is 2. The van der Waals surface area contributed by atoms with E-state index in [0.29, 0.717) is 10.7 Å². The summed E-state index contributed by atoms with van der Waals surface area (Å²) >= 11 is 0.967. The largest absolute Gasteiger partial charge is 0.496 e. The topological polar surface area (TPSA) is 49.9 Å². The summed E-state index contributed by atoms with van der Waals surface area (Å²) in [7, 11) is 1.61. The Hall–Kier alpha value is -2.73. The first-order valence-corrected chi connectivity index (χ1v) is 10.1. The summed E-state index contributed by atoms with van der Waals surface area (Å²) in [6, 6.07) is 15.4. The molecule has 0 N–H and O–H groups in total. The van der Waals surface area contributed by atoms with Gasteiger partial charge in [-0.05, 0) is 49.4 Å². The number of rotatable bonds is 7. The fourth-order valence-corrected chi connectivity index (χ4v) is 3.98. The molecule has 6 heteroatoms. The number of hydrogen-bond donors (Lipinski definition) is 0. The first-order chi connectivity index (χ1) is 13.6. The summed E-state index contributed by atoms with van der Waals surface area (Å²) in [5.74, 6) is 0.410. The minimum absolute atomic E-state index is 0.251.